The van der Waals surface area contributed by atoms with Crippen LogP contribution in [0.1, 0.15) is 30.9 Å². The largest absolute Gasteiger partial charge is 0.388 e. The van der Waals surface area contributed by atoms with E-state index in [2.05, 4.69) is 19.1 Å². The lowest BCUT2D eigenvalue weighted by molar-refractivity contribution is 0.195. The summed E-state index contributed by atoms with van der Waals surface area (Å²) in [6.07, 6.45) is 1.61. The fraction of sp³-hybridized carbons (Fsp3) is 0.333. The predicted molar refractivity (Wildman–Crippen MR) is 54.5 cm³/mol. The zero-order chi connectivity index (χ0) is 9.42. The number of fused-ring (bicyclic) bond motifs is 1. The van der Waals surface area contributed by atoms with Crippen LogP contribution in [0.5, 0.6) is 0 Å². The number of rotatable bonds is 0. The monoisotopic (exact) mass is 174 g/mol. The van der Waals surface area contributed by atoms with Gasteiger partial charge in [-0.25, -0.2) is 0 Å². The van der Waals surface area contributed by atoms with Crippen LogP contribution in [-0.4, -0.2) is 11.2 Å². The number of aliphatic hydroxyl groups excluding tert-OH is 1. The number of hydrogen-bond acceptors (Lipinski definition) is 1. The van der Waals surface area contributed by atoms with Crippen molar-refractivity contribution < 1.29 is 5.11 Å². The van der Waals surface area contributed by atoms with Gasteiger partial charge in [0.2, 0.25) is 0 Å². The average Bonchev–Trinajstić information content (AvgIpc) is 2.15. The minimum Gasteiger partial charge on any atom is -0.388 e. The van der Waals surface area contributed by atoms with Crippen molar-refractivity contribution in [1.82, 2.24) is 0 Å². The third-order valence-electron chi connectivity index (χ3n) is 2.81. The molecule has 2 atom stereocenters. The Morgan fingerprint density at radius 2 is 1.92 bits per heavy atom. The summed E-state index contributed by atoms with van der Waals surface area (Å²) in [5.74, 6) is 0.222. The van der Waals surface area contributed by atoms with Gasteiger partial charge in [0.15, 0.2) is 0 Å². The average molecular weight is 174 g/mol. The molecule has 68 valence electrons. The van der Waals surface area contributed by atoms with Gasteiger partial charge in [-0.2, -0.15) is 0 Å². The molecule has 0 spiro atoms. The van der Waals surface area contributed by atoms with E-state index in [1.54, 1.807) is 0 Å². The maximum absolute atomic E-state index is 9.72. The molecule has 1 N–H and O–H groups in total. The second-order valence-corrected chi connectivity index (χ2v) is 3.72. The molecule has 13 heavy (non-hydrogen) atoms. The van der Waals surface area contributed by atoms with Crippen LogP contribution in [0.4, 0.5) is 0 Å². The van der Waals surface area contributed by atoms with Crippen LogP contribution in [0, 0.1) is 0 Å². The van der Waals surface area contributed by atoms with E-state index in [9.17, 15) is 5.11 Å². The Balaban J connectivity index is 2.58. The maximum atomic E-state index is 9.72. The normalized spacial score (nSPS) is 26.5. The van der Waals surface area contributed by atoms with Crippen molar-refractivity contribution in [2.45, 2.75) is 25.9 Å². The zero-order valence-corrected chi connectivity index (χ0v) is 7.99. The molecule has 1 heteroatoms. The predicted octanol–water partition coefficient (Wildman–Crippen LogP) is 2.57. The Labute approximate surface area is 78.7 Å². The molecule has 0 aromatic heterocycles. The summed E-state index contributed by atoms with van der Waals surface area (Å²) in [7, 11) is 0. The van der Waals surface area contributed by atoms with Gasteiger partial charge in [0.1, 0.15) is 0 Å². The fourth-order valence-corrected chi connectivity index (χ4v) is 1.93. The van der Waals surface area contributed by atoms with E-state index in [1.165, 1.54) is 16.7 Å². The van der Waals surface area contributed by atoms with Crippen molar-refractivity contribution in [2.75, 3.05) is 0 Å². The van der Waals surface area contributed by atoms with E-state index in [1.807, 2.05) is 25.1 Å². The summed E-state index contributed by atoms with van der Waals surface area (Å²) in [6, 6.07) is 8.28. The van der Waals surface area contributed by atoms with Gasteiger partial charge in [0.05, 0.1) is 6.10 Å². The number of benzene rings is 1. The van der Waals surface area contributed by atoms with Gasteiger partial charge in [-0.05, 0) is 23.6 Å². The molecule has 1 aromatic carbocycles. The van der Waals surface area contributed by atoms with Gasteiger partial charge in [-0.15, -0.1) is 0 Å². The second-order valence-electron chi connectivity index (χ2n) is 3.72. The first kappa shape index (κ1) is 8.52. The van der Waals surface area contributed by atoms with E-state index in [-0.39, 0.29) is 12.0 Å². The van der Waals surface area contributed by atoms with Gasteiger partial charge < -0.3 is 5.11 Å². The third-order valence-corrected chi connectivity index (χ3v) is 2.81. The molecular formula is C12H14O. The molecule has 2 unspecified atom stereocenters. The summed E-state index contributed by atoms with van der Waals surface area (Å²) >= 11 is 0. The van der Waals surface area contributed by atoms with Gasteiger partial charge in [0, 0.05) is 5.92 Å². The number of hydrogen-bond donors (Lipinski definition) is 1. The van der Waals surface area contributed by atoms with Gasteiger partial charge in [0.25, 0.3) is 0 Å². The Morgan fingerprint density at radius 3 is 2.69 bits per heavy atom. The lowest BCUT2D eigenvalue weighted by atomic mass is 9.83. The van der Waals surface area contributed by atoms with E-state index >= 15 is 0 Å². The highest BCUT2D eigenvalue weighted by molar-refractivity contribution is 5.70. The SMILES string of the molecule is CC1=CC(O)C(C)c2ccccc21. The molecule has 0 fully saturated rings. The van der Waals surface area contributed by atoms with Crippen molar-refractivity contribution in [3.63, 3.8) is 0 Å². The van der Waals surface area contributed by atoms with Gasteiger partial charge in [-0.3, -0.25) is 0 Å². The van der Waals surface area contributed by atoms with E-state index in [4.69, 9.17) is 0 Å². The molecule has 0 saturated heterocycles. The van der Waals surface area contributed by atoms with Crippen LogP contribution in [0.15, 0.2) is 30.3 Å². The molecule has 1 aromatic rings. The van der Waals surface area contributed by atoms with Gasteiger partial charge >= 0.3 is 0 Å². The first-order valence-electron chi connectivity index (χ1n) is 4.66. The van der Waals surface area contributed by atoms with Crippen molar-refractivity contribution in [2.24, 2.45) is 0 Å². The van der Waals surface area contributed by atoms with E-state index in [0.717, 1.165) is 0 Å². The van der Waals surface area contributed by atoms with E-state index < -0.39 is 0 Å². The standard InChI is InChI=1S/C12H14O/c1-8-7-12(13)9(2)11-6-4-3-5-10(8)11/h3-7,9,12-13H,1-2H3. The number of allylic oxidation sites excluding steroid dienone is 1. The maximum Gasteiger partial charge on any atom is 0.0792 e. The lowest BCUT2D eigenvalue weighted by Crippen LogP contribution is -2.18. The van der Waals surface area contributed by atoms with Gasteiger partial charge in [-0.1, -0.05) is 37.3 Å². The Hall–Kier alpha value is -1.08. The molecular weight excluding hydrogens is 160 g/mol. The minimum absolute atomic E-state index is 0.222. The van der Waals surface area contributed by atoms with Crippen molar-refractivity contribution in [3.8, 4) is 0 Å². The fourth-order valence-electron chi connectivity index (χ4n) is 1.93. The highest BCUT2D eigenvalue weighted by Gasteiger charge is 2.22. The topological polar surface area (TPSA) is 20.2 Å². The van der Waals surface area contributed by atoms with Crippen LogP contribution in [0.2, 0.25) is 0 Å². The molecule has 0 amide bonds. The first-order chi connectivity index (χ1) is 6.20. The smallest absolute Gasteiger partial charge is 0.0792 e. The molecule has 1 aliphatic carbocycles. The first-order valence-corrected chi connectivity index (χ1v) is 4.66. The molecule has 0 bridgehead atoms. The second kappa shape index (κ2) is 3.00. The summed E-state index contributed by atoms with van der Waals surface area (Å²) in [5, 5.41) is 9.72. The summed E-state index contributed by atoms with van der Waals surface area (Å²) in [5.41, 5.74) is 3.72. The molecule has 0 aliphatic heterocycles. The molecule has 0 radical (unpaired) electrons. The van der Waals surface area contributed by atoms with Crippen molar-refractivity contribution in [3.05, 3.63) is 41.5 Å². The molecule has 0 saturated carbocycles. The van der Waals surface area contributed by atoms with Crippen molar-refractivity contribution in [1.29, 1.82) is 0 Å². The minimum atomic E-state index is -0.324. The number of aliphatic hydroxyl groups is 1. The molecule has 2 rings (SSSR count). The third kappa shape index (κ3) is 1.29. The molecule has 0 heterocycles. The van der Waals surface area contributed by atoms with Crippen LogP contribution >= 0.6 is 0 Å². The summed E-state index contributed by atoms with van der Waals surface area (Å²) in [4.78, 5) is 0. The Kier molecular flexibility index (Phi) is 1.97. The van der Waals surface area contributed by atoms with Crippen molar-refractivity contribution >= 4 is 5.57 Å². The Morgan fingerprint density at radius 1 is 1.23 bits per heavy atom. The summed E-state index contributed by atoms with van der Waals surface area (Å²) < 4.78 is 0. The highest BCUT2D eigenvalue weighted by atomic mass is 16.3. The highest BCUT2D eigenvalue weighted by Crippen LogP contribution is 2.33. The van der Waals surface area contributed by atoms with Crippen LogP contribution in [0.25, 0.3) is 5.57 Å². The quantitative estimate of drug-likeness (QED) is 0.641. The zero-order valence-electron chi connectivity index (χ0n) is 7.99. The van der Waals surface area contributed by atoms with Crippen LogP contribution < -0.4 is 0 Å². The summed E-state index contributed by atoms with van der Waals surface area (Å²) in [6.45, 7) is 4.11. The molecule has 1 aliphatic rings. The van der Waals surface area contributed by atoms with E-state index in [0.29, 0.717) is 0 Å². The van der Waals surface area contributed by atoms with Crippen LogP contribution in [0.3, 0.4) is 0 Å². The molecule has 1 nitrogen and oxygen atoms in total. The Bertz CT molecular complexity index is 352. The van der Waals surface area contributed by atoms with Crippen LogP contribution in [-0.2, 0) is 0 Å². The lowest BCUT2D eigenvalue weighted by Gasteiger charge is -2.25.